The van der Waals surface area contributed by atoms with Crippen LogP contribution in [-0.4, -0.2) is 17.6 Å². The summed E-state index contributed by atoms with van der Waals surface area (Å²) in [5.41, 5.74) is 3.23. The molecular weight excluding hydrogens is 298 g/mol. The van der Waals surface area contributed by atoms with E-state index < -0.39 is 5.97 Å². The zero-order valence-corrected chi connectivity index (χ0v) is 13.9. The molecule has 0 saturated heterocycles. The topological polar surface area (TPSA) is 49.3 Å². The predicted octanol–water partition coefficient (Wildman–Crippen LogP) is 4.95. The largest absolute Gasteiger partial charge is 0.478 e. The summed E-state index contributed by atoms with van der Waals surface area (Å²) >= 11 is 0. The Labute approximate surface area is 143 Å². The second kappa shape index (κ2) is 9.36. The number of carboxylic acid groups (broad SMARTS) is 1. The van der Waals surface area contributed by atoms with Crippen LogP contribution >= 0.6 is 0 Å². The highest BCUT2D eigenvalue weighted by atomic mass is 16.4. The van der Waals surface area contributed by atoms with Gasteiger partial charge in [0.15, 0.2) is 0 Å². The summed E-state index contributed by atoms with van der Waals surface area (Å²) in [5, 5.41) is 12.0. The Morgan fingerprint density at radius 1 is 1.12 bits per heavy atom. The molecule has 2 aromatic rings. The SMILES string of the molecule is CC(C=CCCNc1ccc(C=CC(=O)O)cc1)c1ccccc1. The van der Waals surface area contributed by atoms with Crippen molar-refractivity contribution in [2.45, 2.75) is 19.3 Å². The molecule has 124 valence electrons. The summed E-state index contributed by atoms with van der Waals surface area (Å²) in [6.45, 7) is 3.06. The lowest BCUT2D eigenvalue weighted by Crippen LogP contribution is -2.00. The molecule has 0 saturated carbocycles. The molecule has 0 aliphatic carbocycles. The van der Waals surface area contributed by atoms with Crippen LogP contribution < -0.4 is 5.32 Å². The van der Waals surface area contributed by atoms with Crippen LogP contribution in [0.4, 0.5) is 5.69 Å². The van der Waals surface area contributed by atoms with Crippen molar-refractivity contribution in [2.75, 3.05) is 11.9 Å². The van der Waals surface area contributed by atoms with Crippen LogP contribution in [0, 0.1) is 0 Å². The molecule has 0 radical (unpaired) electrons. The maximum absolute atomic E-state index is 10.5. The van der Waals surface area contributed by atoms with E-state index in [4.69, 9.17) is 5.11 Å². The predicted molar refractivity (Wildman–Crippen MR) is 100 cm³/mol. The zero-order chi connectivity index (χ0) is 17.2. The van der Waals surface area contributed by atoms with Gasteiger partial charge in [-0.3, -0.25) is 0 Å². The Morgan fingerprint density at radius 3 is 2.50 bits per heavy atom. The highest BCUT2D eigenvalue weighted by Gasteiger charge is 1.98. The highest BCUT2D eigenvalue weighted by Crippen LogP contribution is 2.16. The molecule has 2 rings (SSSR count). The van der Waals surface area contributed by atoms with Gasteiger partial charge in [0.25, 0.3) is 0 Å². The molecule has 2 N–H and O–H groups in total. The average Bonchev–Trinajstić information content (AvgIpc) is 2.61. The molecule has 1 unspecified atom stereocenters. The average molecular weight is 321 g/mol. The molecule has 0 fully saturated rings. The molecule has 0 aliphatic heterocycles. The van der Waals surface area contributed by atoms with E-state index in [-0.39, 0.29) is 0 Å². The second-order valence-electron chi connectivity index (χ2n) is 5.64. The lowest BCUT2D eigenvalue weighted by atomic mass is 10.0. The quantitative estimate of drug-likeness (QED) is 0.411. The third-order valence-electron chi connectivity index (χ3n) is 3.72. The molecule has 0 heterocycles. The van der Waals surface area contributed by atoms with Gasteiger partial charge in [-0.05, 0) is 41.7 Å². The number of carbonyl (C=O) groups is 1. The van der Waals surface area contributed by atoms with E-state index in [1.807, 2.05) is 30.3 Å². The van der Waals surface area contributed by atoms with Gasteiger partial charge in [0, 0.05) is 18.3 Å². The van der Waals surface area contributed by atoms with Crippen LogP contribution in [0.1, 0.15) is 30.4 Å². The van der Waals surface area contributed by atoms with E-state index in [1.54, 1.807) is 6.08 Å². The van der Waals surface area contributed by atoms with Gasteiger partial charge in [-0.25, -0.2) is 4.79 Å². The minimum absolute atomic E-state index is 0.423. The van der Waals surface area contributed by atoms with Crippen LogP contribution in [0.15, 0.2) is 72.8 Å². The molecule has 0 amide bonds. The number of hydrogen-bond donors (Lipinski definition) is 2. The van der Waals surface area contributed by atoms with Gasteiger partial charge in [-0.1, -0.05) is 61.5 Å². The van der Waals surface area contributed by atoms with Gasteiger partial charge in [0.05, 0.1) is 0 Å². The van der Waals surface area contributed by atoms with Crippen molar-refractivity contribution in [3.05, 3.63) is 84.0 Å². The minimum Gasteiger partial charge on any atom is -0.478 e. The Bertz CT molecular complexity index is 688. The number of aliphatic carboxylic acids is 1. The van der Waals surface area contributed by atoms with Gasteiger partial charge in [0.2, 0.25) is 0 Å². The fourth-order valence-corrected chi connectivity index (χ4v) is 2.35. The summed E-state index contributed by atoms with van der Waals surface area (Å²) in [5.74, 6) is -0.514. The lowest BCUT2D eigenvalue weighted by Gasteiger charge is -2.07. The maximum atomic E-state index is 10.5. The third kappa shape index (κ3) is 6.13. The summed E-state index contributed by atoms with van der Waals surface area (Å²) in [7, 11) is 0. The van der Waals surface area contributed by atoms with Gasteiger partial charge in [-0.2, -0.15) is 0 Å². The number of rotatable bonds is 8. The van der Waals surface area contributed by atoms with Crippen molar-refractivity contribution in [2.24, 2.45) is 0 Å². The molecule has 24 heavy (non-hydrogen) atoms. The molecule has 0 aliphatic rings. The van der Waals surface area contributed by atoms with E-state index in [9.17, 15) is 4.79 Å². The van der Waals surface area contributed by atoms with Crippen LogP contribution in [0.3, 0.4) is 0 Å². The van der Waals surface area contributed by atoms with Gasteiger partial charge < -0.3 is 10.4 Å². The van der Waals surface area contributed by atoms with Crippen molar-refractivity contribution >= 4 is 17.7 Å². The minimum atomic E-state index is -0.936. The Kier molecular flexibility index (Phi) is 6.84. The molecule has 0 aromatic heterocycles. The fourth-order valence-electron chi connectivity index (χ4n) is 2.35. The van der Waals surface area contributed by atoms with Crippen LogP contribution in [0.5, 0.6) is 0 Å². The van der Waals surface area contributed by atoms with Crippen LogP contribution in [-0.2, 0) is 4.79 Å². The second-order valence-corrected chi connectivity index (χ2v) is 5.64. The smallest absolute Gasteiger partial charge is 0.328 e. The van der Waals surface area contributed by atoms with Crippen molar-refractivity contribution in [3.63, 3.8) is 0 Å². The standard InChI is InChI=1S/C21H23NO2/c1-17(19-8-3-2-4-9-19)7-5-6-16-22-20-13-10-18(11-14-20)12-15-21(23)24/h2-5,7-15,17,22H,6,16H2,1H3,(H,23,24). The first-order valence-corrected chi connectivity index (χ1v) is 8.11. The zero-order valence-electron chi connectivity index (χ0n) is 13.9. The van der Waals surface area contributed by atoms with E-state index in [0.717, 1.165) is 30.3 Å². The normalized spacial score (nSPS) is 12.5. The molecule has 1 atom stereocenters. The molecule has 3 heteroatoms. The molecule has 0 spiro atoms. The number of anilines is 1. The Balaban J connectivity index is 1.74. The van der Waals surface area contributed by atoms with Crippen LogP contribution in [0.2, 0.25) is 0 Å². The first-order valence-electron chi connectivity index (χ1n) is 8.11. The van der Waals surface area contributed by atoms with E-state index in [0.29, 0.717) is 5.92 Å². The first kappa shape index (κ1) is 17.5. The fraction of sp³-hybridized carbons (Fsp3) is 0.190. The molecule has 2 aromatic carbocycles. The maximum Gasteiger partial charge on any atom is 0.328 e. The highest BCUT2D eigenvalue weighted by molar-refractivity contribution is 5.85. The summed E-state index contributed by atoms with van der Waals surface area (Å²) in [6, 6.07) is 18.2. The lowest BCUT2D eigenvalue weighted by molar-refractivity contribution is -0.131. The van der Waals surface area contributed by atoms with Gasteiger partial charge in [0.1, 0.15) is 0 Å². The van der Waals surface area contributed by atoms with Gasteiger partial charge in [-0.15, -0.1) is 0 Å². The monoisotopic (exact) mass is 321 g/mol. The Morgan fingerprint density at radius 2 is 1.83 bits per heavy atom. The van der Waals surface area contributed by atoms with Crippen molar-refractivity contribution in [1.29, 1.82) is 0 Å². The van der Waals surface area contributed by atoms with E-state index in [2.05, 4.69) is 48.7 Å². The number of hydrogen-bond acceptors (Lipinski definition) is 2. The summed E-state index contributed by atoms with van der Waals surface area (Å²) in [6.07, 6.45) is 8.12. The van der Waals surface area contributed by atoms with Gasteiger partial charge >= 0.3 is 5.97 Å². The van der Waals surface area contributed by atoms with Crippen LogP contribution in [0.25, 0.3) is 6.08 Å². The molecule has 3 nitrogen and oxygen atoms in total. The number of nitrogens with one attached hydrogen (secondary N) is 1. The summed E-state index contributed by atoms with van der Waals surface area (Å²) in [4.78, 5) is 10.5. The third-order valence-corrected chi connectivity index (χ3v) is 3.72. The van der Waals surface area contributed by atoms with E-state index in [1.165, 1.54) is 5.56 Å². The number of carboxylic acids is 1. The Hall–Kier alpha value is -2.81. The van der Waals surface area contributed by atoms with Crippen molar-refractivity contribution in [1.82, 2.24) is 0 Å². The van der Waals surface area contributed by atoms with Crippen molar-refractivity contribution in [3.8, 4) is 0 Å². The number of allylic oxidation sites excluding steroid dienone is 1. The summed E-state index contributed by atoms with van der Waals surface area (Å²) < 4.78 is 0. The molecular formula is C21H23NO2. The molecule has 0 bridgehead atoms. The first-order chi connectivity index (χ1) is 11.6. The number of benzene rings is 2. The van der Waals surface area contributed by atoms with E-state index >= 15 is 0 Å². The van der Waals surface area contributed by atoms with Crippen molar-refractivity contribution < 1.29 is 9.90 Å².